The van der Waals surface area contributed by atoms with Crippen LogP contribution in [0, 0.1) is 6.92 Å². The van der Waals surface area contributed by atoms with Crippen LogP contribution in [0.5, 0.6) is 11.5 Å². The van der Waals surface area contributed by atoms with Gasteiger partial charge in [-0.25, -0.2) is 0 Å². The standard InChI is InChI=1S/C25H30N2O6/c1-5-32-22(30)9-11-26-21(29)8-10-27-24(31)16-13-19(28)23-17-12-15(2)6-7-18(17)25(3,4)33-20(23)14-16/h6-7,12-14,28H,5,8-11H2,1-4H3,(H,26,29)(H,27,31). The summed E-state index contributed by atoms with van der Waals surface area (Å²) in [5, 5.41) is 16.0. The number of amides is 2. The lowest BCUT2D eigenvalue weighted by Gasteiger charge is -2.35. The van der Waals surface area contributed by atoms with Crippen molar-refractivity contribution in [3.8, 4) is 22.6 Å². The molecule has 2 amide bonds. The third-order valence-corrected chi connectivity index (χ3v) is 5.40. The Kier molecular flexibility index (Phi) is 7.26. The van der Waals surface area contributed by atoms with Gasteiger partial charge in [0, 0.05) is 30.6 Å². The molecule has 0 aliphatic carbocycles. The molecule has 8 nitrogen and oxygen atoms in total. The number of nitrogens with one attached hydrogen (secondary N) is 2. The molecule has 0 unspecified atom stereocenters. The summed E-state index contributed by atoms with van der Waals surface area (Å²) in [4.78, 5) is 35.8. The number of esters is 1. The molecule has 0 aromatic heterocycles. The summed E-state index contributed by atoms with van der Waals surface area (Å²) in [6.45, 7) is 8.16. The highest BCUT2D eigenvalue weighted by Gasteiger charge is 2.34. The summed E-state index contributed by atoms with van der Waals surface area (Å²) in [5.41, 5.74) is 3.07. The molecule has 3 rings (SSSR count). The Balaban J connectivity index is 1.64. The molecule has 1 heterocycles. The zero-order valence-corrected chi connectivity index (χ0v) is 19.4. The van der Waals surface area contributed by atoms with Gasteiger partial charge in [0.15, 0.2) is 0 Å². The van der Waals surface area contributed by atoms with Crippen LogP contribution in [0.3, 0.4) is 0 Å². The number of phenols is 1. The quantitative estimate of drug-likeness (QED) is 0.528. The highest BCUT2D eigenvalue weighted by atomic mass is 16.5. The molecule has 0 atom stereocenters. The highest BCUT2D eigenvalue weighted by molar-refractivity contribution is 5.97. The van der Waals surface area contributed by atoms with E-state index in [1.165, 1.54) is 6.07 Å². The van der Waals surface area contributed by atoms with Crippen LogP contribution in [-0.4, -0.2) is 42.6 Å². The van der Waals surface area contributed by atoms with Crippen molar-refractivity contribution < 1.29 is 29.0 Å². The largest absolute Gasteiger partial charge is 0.507 e. The van der Waals surface area contributed by atoms with Crippen LogP contribution in [0.15, 0.2) is 30.3 Å². The summed E-state index contributed by atoms with van der Waals surface area (Å²) in [6.07, 6.45) is 0.154. The number of aromatic hydroxyl groups is 1. The Morgan fingerprint density at radius 3 is 2.52 bits per heavy atom. The van der Waals surface area contributed by atoms with Gasteiger partial charge >= 0.3 is 5.97 Å². The number of ether oxygens (including phenoxy) is 2. The molecule has 0 radical (unpaired) electrons. The number of phenolic OH excluding ortho intramolecular Hbond substituents is 1. The number of fused-ring (bicyclic) bond motifs is 3. The van der Waals surface area contributed by atoms with Gasteiger partial charge in [0.2, 0.25) is 5.91 Å². The molecule has 0 spiro atoms. The van der Waals surface area contributed by atoms with Gasteiger partial charge in [0.05, 0.1) is 18.6 Å². The van der Waals surface area contributed by atoms with Gasteiger partial charge in [0.1, 0.15) is 17.1 Å². The Labute approximate surface area is 193 Å². The van der Waals surface area contributed by atoms with Crippen LogP contribution in [0.4, 0.5) is 0 Å². The average Bonchev–Trinajstić information content (AvgIpc) is 2.72. The molecule has 0 bridgehead atoms. The predicted molar refractivity (Wildman–Crippen MR) is 123 cm³/mol. The van der Waals surface area contributed by atoms with Crippen LogP contribution in [0.1, 0.15) is 55.1 Å². The third kappa shape index (κ3) is 5.63. The van der Waals surface area contributed by atoms with E-state index in [0.29, 0.717) is 17.9 Å². The van der Waals surface area contributed by atoms with Gasteiger partial charge in [-0.15, -0.1) is 0 Å². The minimum atomic E-state index is -0.626. The van der Waals surface area contributed by atoms with Crippen LogP contribution in [0.25, 0.3) is 11.1 Å². The molecule has 0 saturated carbocycles. The maximum absolute atomic E-state index is 12.6. The Hall–Kier alpha value is -3.55. The van der Waals surface area contributed by atoms with Crippen molar-refractivity contribution in [1.29, 1.82) is 0 Å². The Bertz CT molecular complexity index is 1080. The van der Waals surface area contributed by atoms with Crippen molar-refractivity contribution in [2.75, 3.05) is 19.7 Å². The number of carbonyl (C=O) groups is 3. The van der Waals surface area contributed by atoms with Gasteiger partial charge < -0.3 is 25.2 Å². The first-order valence-corrected chi connectivity index (χ1v) is 11.0. The molecule has 1 aliphatic rings. The SMILES string of the molecule is CCOC(=O)CCNC(=O)CCNC(=O)c1cc(O)c2c(c1)OC(C)(C)c1ccc(C)cc1-2. The normalized spacial score (nSPS) is 13.2. The Morgan fingerprint density at radius 1 is 1.06 bits per heavy atom. The Morgan fingerprint density at radius 2 is 1.79 bits per heavy atom. The fraction of sp³-hybridized carbons (Fsp3) is 0.400. The van der Waals surface area contributed by atoms with Crippen molar-refractivity contribution in [3.05, 3.63) is 47.0 Å². The molecule has 1 aliphatic heterocycles. The first-order valence-electron chi connectivity index (χ1n) is 11.0. The maximum atomic E-state index is 12.6. The second-order valence-electron chi connectivity index (χ2n) is 8.44. The number of benzene rings is 2. The topological polar surface area (TPSA) is 114 Å². The lowest BCUT2D eigenvalue weighted by Crippen LogP contribution is -2.32. The molecular formula is C25H30N2O6. The molecule has 2 aromatic carbocycles. The first-order chi connectivity index (χ1) is 15.6. The summed E-state index contributed by atoms with van der Waals surface area (Å²) in [7, 11) is 0. The predicted octanol–water partition coefficient (Wildman–Crippen LogP) is 3.18. The first kappa shape index (κ1) is 24.1. The van der Waals surface area contributed by atoms with Crippen LogP contribution in [0.2, 0.25) is 0 Å². The third-order valence-electron chi connectivity index (χ3n) is 5.40. The lowest BCUT2D eigenvalue weighted by molar-refractivity contribution is -0.143. The number of hydrogen-bond acceptors (Lipinski definition) is 6. The van der Waals surface area contributed by atoms with Crippen LogP contribution >= 0.6 is 0 Å². The van der Waals surface area contributed by atoms with Crippen molar-refractivity contribution in [2.45, 2.75) is 46.1 Å². The van der Waals surface area contributed by atoms with E-state index in [9.17, 15) is 19.5 Å². The summed E-state index contributed by atoms with van der Waals surface area (Å²) >= 11 is 0. The van der Waals surface area contributed by atoms with E-state index in [-0.39, 0.29) is 49.1 Å². The second-order valence-corrected chi connectivity index (χ2v) is 8.44. The fourth-order valence-electron chi connectivity index (χ4n) is 3.82. The van der Waals surface area contributed by atoms with E-state index in [1.807, 2.05) is 39.0 Å². The highest BCUT2D eigenvalue weighted by Crippen LogP contribution is 2.49. The molecule has 176 valence electrons. The number of rotatable bonds is 8. The molecule has 0 fully saturated rings. The van der Waals surface area contributed by atoms with Gasteiger partial charge in [0.25, 0.3) is 5.91 Å². The second kappa shape index (κ2) is 9.94. The van der Waals surface area contributed by atoms with E-state index >= 15 is 0 Å². The van der Waals surface area contributed by atoms with Crippen molar-refractivity contribution >= 4 is 17.8 Å². The number of carbonyl (C=O) groups excluding carboxylic acids is 3. The molecule has 3 N–H and O–H groups in total. The van der Waals surface area contributed by atoms with Crippen molar-refractivity contribution in [3.63, 3.8) is 0 Å². The summed E-state index contributed by atoms with van der Waals surface area (Å²) in [6, 6.07) is 9.00. The molecule has 33 heavy (non-hydrogen) atoms. The number of hydrogen-bond donors (Lipinski definition) is 3. The van der Waals surface area contributed by atoms with Crippen molar-refractivity contribution in [1.82, 2.24) is 10.6 Å². The number of aryl methyl sites for hydroxylation is 1. The molecular weight excluding hydrogens is 424 g/mol. The zero-order valence-electron chi connectivity index (χ0n) is 19.4. The monoisotopic (exact) mass is 454 g/mol. The van der Waals surface area contributed by atoms with E-state index in [1.54, 1.807) is 13.0 Å². The van der Waals surface area contributed by atoms with Gasteiger partial charge in [-0.2, -0.15) is 0 Å². The van der Waals surface area contributed by atoms with E-state index in [0.717, 1.165) is 16.7 Å². The molecule has 0 saturated heterocycles. The van der Waals surface area contributed by atoms with Gasteiger partial charge in [-0.05, 0) is 45.4 Å². The minimum Gasteiger partial charge on any atom is -0.507 e. The van der Waals surface area contributed by atoms with E-state index in [2.05, 4.69) is 10.6 Å². The summed E-state index contributed by atoms with van der Waals surface area (Å²) < 4.78 is 10.9. The van der Waals surface area contributed by atoms with Crippen molar-refractivity contribution in [2.24, 2.45) is 0 Å². The molecule has 8 heteroatoms. The minimum absolute atomic E-state index is 0.0447. The fourth-order valence-corrected chi connectivity index (χ4v) is 3.82. The average molecular weight is 455 g/mol. The van der Waals surface area contributed by atoms with E-state index < -0.39 is 11.5 Å². The van der Waals surface area contributed by atoms with Gasteiger partial charge in [-0.3, -0.25) is 14.4 Å². The maximum Gasteiger partial charge on any atom is 0.307 e. The molecule has 2 aromatic rings. The van der Waals surface area contributed by atoms with E-state index in [4.69, 9.17) is 9.47 Å². The lowest BCUT2D eigenvalue weighted by atomic mass is 9.84. The zero-order chi connectivity index (χ0) is 24.2. The van der Waals surface area contributed by atoms with Crippen LogP contribution < -0.4 is 15.4 Å². The summed E-state index contributed by atoms with van der Waals surface area (Å²) in [5.74, 6) is -0.702. The smallest absolute Gasteiger partial charge is 0.307 e. The van der Waals surface area contributed by atoms with Gasteiger partial charge in [-0.1, -0.05) is 23.8 Å². The van der Waals surface area contributed by atoms with Crippen LogP contribution in [-0.2, 0) is 19.9 Å².